The van der Waals surface area contributed by atoms with Gasteiger partial charge in [-0.15, -0.1) is 0 Å². The molecule has 0 radical (unpaired) electrons. The minimum atomic E-state index is -0.944. The van der Waals surface area contributed by atoms with Crippen LogP contribution in [0.1, 0.15) is 24.6 Å². The molecule has 0 unspecified atom stereocenters. The predicted molar refractivity (Wildman–Crippen MR) is 87.5 cm³/mol. The van der Waals surface area contributed by atoms with E-state index >= 15 is 0 Å². The number of ether oxygens (including phenoxy) is 1. The summed E-state index contributed by atoms with van der Waals surface area (Å²) in [6.07, 6.45) is 2.17. The summed E-state index contributed by atoms with van der Waals surface area (Å²) >= 11 is 5.21. The van der Waals surface area contributed by atoms with Crippen molar-refractivity contribution in [3.8, 4) is 5.75 Å². The lowest BCUT2D eigenvalue weighted by molar-refractivity contribution is -0.386. The van der Waals surface area contributed by atoms with Crippen LogP contribution in [0.3, 0.4) is 0 Å². The van der Waals surface area contributed by atoms with Crippen LogP contribution in [0, 0.1) is 20.7 Å². The lowest BCUT2D eigenvalue weighted by Gasteiger charge is -2.11. The molecule has 2 aromatic rings. The highest BCUT2D eigenvalue weighted by Gasteiger charge is 2.29. The van der Waals surface area contributed by atoms with Gasteiger partial charge in [-0.25, -0.2) is 0 Å². The number of aromatic amines is 1. The predicted octanol–water partition coefficient (Wildman–Crippen LogP) is 2.99. The quantitative estimate of drug-likeness (QED) is 0.451. The number of rotatable bonds is 7. The van der Waals surface area contributed by atoms with Gasteiger partial charge >= 0.3 is 5.69 Å². The third-order valence-electron chi connectivity index (χ3n) is 3.84. The zero-order valence-corrected chi connectivity index (χ0v) is 13.7. The third-order valence-corrected chi connectivity index (χ3v) is 4.15. The summed E-state index contributed by atoms with van der Waals surface area (Å²) in [5.41, 5.74) is -0.533. The number of aromatic nitrogens is 3. The molecule has 1 aromatic carbocycles. The van der Waals surface area contributed by atoms with Crippen molar-refractivity contribution in [3.63, 3.8) is 0 Å². The molecule has 0 bridgehead atoms. The fraction of sp³-hybridized carbons (Fsp3) is 0.429. The molecule has 1 aromatic heterocycles. The van der Waals surface area contributed by atoms with E-state index in [0.29, 0.717) is 23.8 Å². The summed E-state index contributed by atoms with van der Waals surface area (Å²) in [6.45, 7) is 0.804. The summed E-state index contributed by atoms with van der Waals surface area (Å²) in [5, 5.41) is 21.0. The van der Waals surface area contributed by atoms with Crippen molar-refractivity contribution in [2.45, 2.75) is 25.3 Å². The Hall–Kier alpha value is -2.49. The highest BCUT2D eigenvalue weighted by Crippen LogP contribution is 2.39. The van der Waals surface area contributed by atoms with Crippen molar-refractivity contribution in [2.75, 3.05) is 19.0 Å². The van der Waals surface area contributed by atoms with Crippen molar-refractivity contribution in [3.05, 3.63) is 38.7 Å². The molecule has 24 heavy (non-hydrogen) atoms. The van der Waals surface area contributed by atoms with E-state index in [4.69, 9.17) is 17.0 Å². The van der Waals surface area contributed by atoms with Crippen molar-refractivity contribution in [1.82, 2.24) is 14.8 Å². The number of benzene rings is 1. The molecule has 1 aliphatic rings. The summed E-state index contributed by atoms with van der Waals surface area (Å²) < 4.78 is 21.2. The Morgan fingerprint density at radius 1 is 1.58 bits per heavy atom. The minimum absolute atomic E-state index is 0.0693. The van der Waals surface area contributed by atoms with E-state index in [1.165, 1.54) is 13.2 Å². The number of nitro groups is 1. The zero-order valence-electron chi connectivity index (χ0n) is 12.9. The van der Waals surface area contributed by atoms with Gasteiger partial charge in [0.1, 0.15) is 17.3 Å². The summed E-state index contributed by atoms with van der Waals surface area (Å²) in [4.78, 5) is 10.3. The first-order valence-corrected chi connectivity index (χ1v) is 7.83. The van der Waals surface area contributed by atoms with Crippen LogP contribution in [-0.2, 0) is 6.54 Å². The molecular formula is C14H16FN5O3S. The van der Waals surface area contributed by atoms with Gasteiger partial charge < -0.3 is 14.6 Å². The minimum Gasteiger partial charge on any atom is -0.497 e. The Labute approximate surface area is 141 Å². The van der Waals surface area contributed by atoms with Crippen LogP contribution in [0.25, 0.3) is 0 Å². The number of anilines is 1. The fourth-order valence-corrected chi connectivity index (χ4v) is 2.74. The van der Waals surface area contributed by atoms with Crippen molar-refractivity contribution in [2.24, 2.45) is 0 Å². The third kappa shape index (κ3) is 3.23. The molecule has 0 saturated heterocycles. The Kier molecular flexibility index (Phi) is 4.47. The number of nitrogens with zero attached hydrogens (tertiary/aromatic N) is 3. The zero-order chi connectivity index (χ0) is 17.3. The lowest BCUT2D eigenvalue weighted by atomic mass is 10.2. The van der Waals surface area contributed by atoms with Gasteiger partial charge in [-0.3, -0.25) is 15.2 Å². The average molecular weight is 353 g/mol. The number of nitrogens with one attached hydrogen (secondary N) is 2. The van der Waals surface area contributed by atoms with Crippen LogP contribution in [0.4, 0.5) is 15.8 Å². The molecule has 128 valence electrons. The highest BCUT2D eigenvalue weighted by atomic mass is 32.1. The number of H-pyrrole nitrogens is 1. The molecule has 0 spiro atoms. The second-order valence-electron chi connectivity index (χ2n) is 5.50. The number of hydrogen-bond acceptors (Lipinski definition) is 6. The van der Waals surface area contributed by atoms with Crippen molar-refractivity contribution < 1.29 is 14.1 Å². The molecule has 3 rings (SSSR count). The molecule has 1 heterocycles. The molecule has 1 saturated carbocycles. The monoisotopic (exact) mass is 353 g/mol. The van der Waals surface area contributed by atoms with E-state index in [-0.39, 0.29) is 11.4 Å². The van der Waals surface area contributed by atoms with Gasteiger partial charge in [0.15, 0.2) is 4.77 Å². The molecular weight excluding hydrogens is 337 g/mol. The van der Waals surface area contributed by atoms with E-state index in [1.54, 1.807) is 0 Å². The first-order chi connectivity index (χ1) is 11.5. The highest BCUT2D eigenvalue weighted by molar-refractivity contribution is 7.71. The van der Waals surface area contributed by atoms with Crippen LogP contribution >= 0.6 is 12.2 Å². The molecule has 0 aliphatic heterocycles. The average Bonchev–Trinajstić information content (AvgIpc) is 3.31. The first kappa shape index (κ1) is 16.4. The van der Waals surface area contributed by atoms with E-state index < -0.39 is 16.4 Å². The van der Waals surface area contributed by atoms with Gasteiger partial charge in [-0.2, -0.15) is 9.49 Å². The largest absolute Gasteiger partial charge is 0.497 e. The molecule has 2 N–H and O–H groups in total. The second kappa shape index (κ2) is 6.56. The maximum absolute atomic E-state index is 13.9. The normalized spacial score (nSPS) is 13.8. The van der Waals surface area contributed by atoms with E-state index in [9.17, 15) is 14.5 Å². The smallest absolute Gasteiger partial charge is 0.327 e. The number of methoxy groups -OCH3 is 1. The maximum atomic E-state index is 13.9. The molecule has 1 fully saturated rings. The van der Waals surface area contributed by atoms with E-state index in [1.807, 2.05) is 4.57 Å². The molecule has 0 atom stereocenters. The Balaban J connectivity index is 1.77. The molecule has 10 heteroatoms. The van der Waals surface area contributed by atoms with Crippen LogP contribution in [0.5, 0.6) is 5.75 Å². The molecule has 8 nitrogen and oxygen atoms in total. The fourth-order valence-electron chi connectivity index (χ4n) is 2.51. The van der Waals surface area contributed by atoms with Gasteiger partial charge in [-0.1, -0.05) is 0 Å². The van der Waals surface area contributed by atoms with Crippen LogP contribution in [0.2, 0.25) is 0 Å². The van der Waals surface area contributed by atoms with Crippen LogP contribution in [0.15, 0.2) is 12.1 Å². The summed E-state index contributed by atoms with van der Waals surface area (Å²) in [6, 6.07) is 2.39. The number of hydrogen-bond donors (Lipinski definition) is 2. The van der Waals surface area contributed by atoms with Gasteiger partial charge in [0.05, 0.1) is 12.0 Å². The van der Waals surface area contributed by atoms with Gasteiger partial charge in [0.25, 0.3) is 0 Å². The maximum Gasteiger partial charge on any atom is 0.327 e. The van der Waals surface area contributed by atoms with Crippen LogP contribution in [-0.4, -0.2) is 33.3 Å². The van der Waals surface area contributed by atoms with Gasteiger partial charge in [-0.05, 0) is 25.1 Å². The molecule has 0 amide bonds. The second-order valence-corrected chi connectivity index (χ2v) is 5.89. The van der Waals surface area contributed by atoms with E-state index in [2.05, 4.69) is 15.5 Å². The van der Waals surface area contributed by atoms with Crippen molar-refractivity contribution >= 4 is 23.6 Å². The summed E-state index contributed by atoms with van der Waals surface area (Å²) in [7, 11) is 1.37. The Bertz CT molecular complexity index is 830. The Morgan fingerprint density at radius 2 is 2.33 bits per heavy atom. The SMILES string of the molecule is COc1cc(F)c([N+](=O)[O-])c(NCCn2c(C3CC3)n[nH]c2=S)c1. The Morgan fingerprint density at radius 3 is 2.96 bits per heavy atom. The van der Waals surface area contributed by atoms with Crippen LogP contribution < -0.4 is 10.1 Å². The molecule has 1 aliphatic carbocycles. The van der Waals surface area contributed by atoms with Gasteiger partial charge in [0, 0.05) is 31.1 Å². The first-order valence-electron chi connectivity index (χ1n) is 7.42. The van der Waals surface area contributed by atoms with E-state index in [0.717, 1.165) is 24.7 Å². The summed E-state index contributed by atoms with van der Waals surface area (Å²) in [5.74, 6) is 0.578. The van der Waals surface area contributed by atoms with Crippen molar-refractivity contribution in [1.29, 1.82) is 0 Å². The number of nitro benzene ring substituents is 1. The number of halogens is 1. The van der Waals surface area contributed by atoms with Gasteiger partial charge in [0.2, 0.25) is 5.82 Å². The lowest BCUT2D eigenvalue weighted by Crippen LogP contribution is -2.14. The topological polar surface area (TPSA) is 98.0 Å². The standard InChI is InChI=1S/C14H16FN5O3S/c1-23-9-6-10(15)12(20(21)22)11(7-9)16-4-5-19-13(8-2-3-8)17-18-14(19)24/h6-8,16H,2-5H2,1H3,(H,18,24).